The van der Waals surface area contributed by atoms with Gasteiger partial charge in [-0.15, -0.1) is 0 Å². The Morgan fingerprint density at radius 2 is 1.13 bits per heavy atom. The molecule has 2 aromatic carbocycles. The van der Waals surface area contributed by atoms with Gasteiger partial charge in [0.15, 0.2) is 0 Å². The van der Waals surface area contributed by atoms with Gasteiger partial charge in [0.25, 0.3) is 0 Å². The predicted molar refractivity (Wildman–Crippen MR) is 127 cm³/mol. The highest BCUT2D eigenvalue weighted by Crippen LogP contribution is 2.42. The van der Waals surface area contributed by atoms with Gasteiger partial charge < -0.3 is 0 Å². The fourth-order valence-corrected chi connectivity index (χ4v) is 4.91. The van der Waals surface area contributed by atoms with Crippen LogP contribution in [-0.4, -0.2) is 26.6 Å². The third kappa shape index (κ3) is 4.18. The lowest BCUT2D eigenvalue weighted by molar-refractivity contribution is 0.625. The number of benzene rings is 2. The van der Waals surface area contributed by atoms with Crippen LogP contribution in [-0.2, 0) is 20.6 Å². The van der Waals surface area contributed by atoms with E-state index in [1.54, 1.807) is 18.2 Å². The van der Waals surface area contributed by atoms with Crippen molar-refractivity contribution in [3.63, 3.8) is 0 Å². The third-order valence-electron chi connectivity index (χ3n) is 4.88. The van der Waals surface area contributed by atoms with Gasteiger partial charge in [0.05, 0.1) is 9.90 Å². The van der Waals surface area contributed by atoms with Crippen molar-refractivity contribution in [2.45, 2.75) is 0 Å². The molecular weight excluding hydrogens is 452 g/mol. The topological polar surface area (TPSA) is 68.3 Å². The molecule has 0 saturated carbocycles. The molecule has 7 heteroatoms. The van der Waals surface area contributed by atoms with Crippen LogP contribution in [0, 0.1) is 0 Å². The van der Waals surface area contributed by atoms with E-state index in [0.29, 0.717) is 22.3 Å². The van der Waals surface area contributed by atoms with Gasteiger partial charge in [-0.2, -0.15) is 16.8 Å². The van der Waals surface area contributed by atoms with Crippen molar-refractivity contribution in [1.29, 1.82) is 0 Å². The molecule has 0 heterocycles. The molecule has 0 amide bonds. The summed E-state index contributed by atoms with van der Waals surface area (Å²) in [6, 6.07) is 18.6. The average molecular weight is 467 g/mol. The zero-order valence-corrected chi connectivity index (χ0v) is 18.4. The number of hydrogen-bond donors (Lipinski definition) is 0. The lowest BCUT2D eigenvalue weighted by atomic mass is 9.81. The van der Waals surface area contributed by atoms with E-state index in [9.17, 15) is 16.8 Å². The Hall–Kier alpha value is -3.19. The largest absolute Gasteiger partial charge is 0.223 e. The van der Waals surface area contributed by atoms with Gasteiger partial charge in [-0.05, 0) is 46.1 Å². The summed E-state index contributed by atoms with van der Waals surface area (Å²) in [7, 11) is -4.92. The highest BCUT2D eigenvalue weighted by Gasteiger charge is 2.28. The van der Waals surface area contributed by atoms with E-state index in [1.165, 1.54) is 12.2 Å². The Labute approximate surface area is 187 Å². The molecule has 31 heavy (non-hydrogen) atoms. The van der Waals surface area contributed by atoms with Crippen LogP contribution in [0.3, 0.4) is 0 Å². The zero-order chi connectivity index (χ0) is 22.0. The molecule has 0 atom stereocenters. The molecular formula is C24H15ClO4S2. The molecule has 0 saturated heterocycles. The molecule has 2 aliphatic rings. The van der Waals surface area contributed by atoms with Crippen molar-refractivity contribution < 1.29 is 16.8 Å². The Morgan fingerprint density at radius 1 is 0.613 bits per heavy atom. The highest BCUT2D eigenvalue weighted by atomic mass is 35.5. The van der Waals surface area contributed by atoms with Gasteiger partial charge in [-0.3, -0.25) is 0 Å². The maximum atomic E-state index is 12.2. The molecule has 4 nitrogen and oxygen atoms in total. The van der Waals surface area contributed by atoms with E-state index in [0.717, 1.165) is 11.1 Å². The minimum absolute atomic E-state index is 0.0211. The van der Waals surface area contributed by atoms with Gasteiger partial charge in [0, 0.05) is 5.57 Å². The normalized spacial score (nSPS) is 16.0. The summed E-state index contributed by atoms with van der Waals surface area (Å²) in [6.45, 7) is 0. The van der Waals surface area contributed by atoms with Crippen LogP contribution in [0.25, 0.3) is 11.1 Å². The first-order chi connectivity index (χ1) is 15.0. The number of hydrogen-bond acceptors (Lipinski definition) is 4. The van der Waals surface area contributed by atoms with Crippen molar-refractivity contribution in [2.75, 3.05) is 0 Å². The lowest BCUT2D eigenvalue weighted by Crippen LogP contribution is -2.14. The average Bonchev–Trinajstić information content (AvgIpc) is 2.79. The molecule has 0 aliphatic heterocycles. The first kappa shape index (κ1) is 21.1. The summed E-state index contributed by atoms with van der Waals surface area (Å²) in [4.78, 5) is 0.185. The lowest BCUT2D eigenvalue weighted by Gasteiger charge is -2.24. The van der Waals surface area contributed by atoms with Crippen molar-refractivity contribution in [3.05, 3.63) is 118 Å². The van der Waals surface area contributed by atoms with Crippen LogP contribution in [0.5, 0.6) is 0 Å². The Balaban J connectivity index is 2.14. The third-order valence-corrected chi connectivity index (χ3v) is 6.71. The summed E-state index contributed by atoms with van der Waals surface area (Å²) in [6.07, 6.45) is 7.99. The summed E-state index contributed by atoms with van der Waals surface area (Å²) in [5.74, 6) is 0. The first-order valence-electron chi connectivity index (χ1n) is 9.23. The van der Waals surface area contributed by atoms with E-state index < -0.39 is 20.6 Å². The number of rotatable bonds is 2. The monoisotopic (exact) mass is 466 g/mol. The minimum atomic E-state index is -2.57. The second-order valence-electron chi connectivity index (χ2n) is 6.71. The fraction of sp³-hybridized carbons (Fsp3) is 0. The Morgan fingerprint density at radius 3 is 1.61 bits per heavy atom. The smallest absolute Gasteiger partial charge is 0.184 e. The van der Waals surface area contributed by atoms with Crippen LogP contribution in [0.4, 0.5) is 0 Å². The molecule has 4 rings (SSSR count). The molecule has 154 valence electrons. The molecule has 0 aromatic heterocycles. The van der Waals surface area contributed by atoms with E-state index in [-0.39, 0.29) is 14.8 Å². The van der Waals surface area contributed by atoms with Crippen LogP contribution in [0.2, 0.25) is 0 Å². The van der Waals surface area contributed by atoms with E-state index in [2.05, 4.69) is 0 Å². The van der Waals surface area contributed by atoms with Crippen LogP contribution in [0.15, 0.2) is 107 Å². The van der Waals surface area contributed by atoms with Crippen molar-refractivity contribution in [3.8, 4) is 0 Å². The minimum Gasteiger partial charge on any atom is -0.184 e. The predicted octanol–water partition coefficient (Wildman–Crippen LogP) is 4.26. The van der Waals surface area contributed by atoms with Gasteiger partial charge >= 0.3 is 0 Å². The Bertz CT molecular complexity index is 1470. The second kappa shape index (κ2) is 8.89. The van der Waals surface area contributed by atoms with E-state index >= 15 is 0 Å². The molecule has 0 radical (unpaired) electrons. The number of halogens is 1. The van der Waals surface area contributed by atoms with Gasteiger partial charge in [0.1, 0.15) is 4.86 Å². The first-order valence-corrected chi connectivity index (χ1v) is 11.8. The SMILES string of the molecule is O=S(=O)=C1C=CC(=C2C=C(Cl)C(=S(=O)=O)C(c3ccccc3)=C2c2ccccc2)C=C1. The van der Waals surface area contributed by atoms with Crippen molar-refractivity contribution in [2.24, 2.45) is 0 Å². The zero-order valence-electron chi connectivity index (χ0n) is 16.0. The van der Waals surface area contributed by atoms with Gasteiger partial charge in [-0.1, -0.05) is 84.4 Å². The van der Waals surface area contributed by atoms with Crippen LogP contribution in [0.1, 0.15) is 11.1 Å². The van der Waals surface area contributed by atoms with Crippen molar-refractivity contribution in [1.82, 2.24) is 0 Å². The van der Waals surface area contributed by atoms with E-state index in [4.69, 9.17) is 11.6 Å². The van der Waals surface area contributed by atoms with Gasteiger partial charge in [0.2, 0.25) is 20.6 Å². The summed E-state index contributed by atoms with van der Waals surface area (Å²) in [5, 5.41) is 0.0957. The maximum absolute atomic E-state index is 12.2. The summed E-state index contributed by atoms with van der Waals surface area (Å²) < 4.78 is 46.9. The van der Waals surface area contributed by atoms with Crippen LogP contribution >= 0.6 is 11.6 Å². The van der Waals surface area contributed by atoms with E-state index in [1.807, 2.05) is 60.7 Å². The molecule has 0 N–H and O–H groups in total. The fourth-order valence-electron chi connectivity index (χ4n) is 3.55. The Kier molecular flexibility index (Phi) is 6.04. The van der Waals surface area contributed by atoms with Gasteiger partial charge in [-0.25, -0.2) is 0 Å². The molecule has 2 aromatic rings. The number of allylic oxidation sites excluding steroid dienone is 10. The molecule has 0 fully saturated rings. The van der Waals surface area contributed by atoms with Crippen molar-refractivity contribution >= 4 is 53.1 Å². The standard InChI is InChI=1S/C24H15ClO4S2/c25-21-15-20(16-11-13-19(14-12-16)30(26)27)22(17-7-3-1-4-8-17)23(24(21)31(28)29)18-9-5-2-6-10-18/h1-15H. The molecule has 2 aliphatic carbocycles. The summed E-state index contributed by atoms with van der Waals surface area (Å²) in [5.41, 5.74) is 4.14. The molecule has 0 bridgehead atoms. The summed E-state index contributed by atoms with van der Waals surface area (Å²) >= 11 is 6.48. The quantitative estimate of drug-likeness (QED) is 0.620. The molecule has 0 spiro atoms. The molecule has 0 unspecified atom stereocenters. The second-order valence-corrected chi connectivity index (χ2v) is 8.94. The highest BCUT2D eigenvalue weighted by molar-refractivity contribution is 7.75. The van der Waals surface area contributed by atoms with Crippen LogP contribution < -0.4 is 0 Å². The maximum Gasteiger partial charge on any atom is 0.223 e.